The Kier molecular flexibility index (Phi) is 2.78. The summed E-state index contributed by atoms with van der Waals surface area (Å²) in [7, 11) is -0.806. The first kappa shape index (κ1) is 9.99. The van der Waals surface area contributed by atoms with Crippen LogP contribution in [0.2, 0.25) is 0 Å². The van der Waals surface area contributed by atoms with Gasteiger partial charge in [0.25, 0.3) is 0 Å². The zero-order valence-electron chi connectivity index (χ0n) is 7.95. The van der Waals surface area contributed by atoms with E-state index in [1.54, 1.807) is 0 Å². The summed E-state index contributed by atoms with van der Waals surface area (Å²) >= 11 is 0. The van der Waals surface area contributed by atoms with Gasteiger partial charge in [0, 0.05) is 18.8 Å². The maximum atomic E-state index is 11.0. The lowest BCUT2D eigenvalue weighted by Gasteiger charge is -2.17. The van der Waals surface area contributed by atoms with Crippen molar-refractivity contribution < 1.29 is 8.42 Å². The minimum atomic E-state index is -2.81. The van der Waals surface area contributed by atoms with Crippen molar-refractivity contribution >= 4 is 9.84 Å². The molecule has 1 aliphatic heterocycles. The zero-order chi connectivity index (χ0) is 9.35. The summed E-state index contributed by atoms with van der Waals surface area (Å²) in [6.07, 6.45) is 2.33. The van der Waals surface area contributed by atoms with Gasteiger partial charge in [-0.05, 0) is 19.4 Å². The van der Waals surface area contributed by atoms with E-state index in [-0.39, 0.29) is 6.04 Å². The van der Waals surface area contributed by atoms with Crippen molar-refractivity contribution in [1.29, 1.82) is 0 Å². The predicted octanol–water partition coefficient (Wildman–Crippen LogP) is 0.371. The van der Waals surface area contributed by atoms with Gasteiger partial charge in [-0.3, -0.25) is 0 Å². The molecular weight excluding hydrogens is 174 g/mol. The molecule has 1 saturated heterocycles. The molecule has 0 aromatic heterocycles. The number of hydrogen-bond donors (Lipinski definition) is 0. The Morgan fingerprint density at radius 3 is 2.42 bits per heavy atom. The maximum absolute atomic E-state index is 11.0. The quantitative estimate of drug-likeness (QED) is 0.633. The van der Waals surface area contributed by atoms with Crippen molar-refractivity contribution in [2.24, 2.45) is 5.92 Å². The Bertz CT molecular complexity index is 248. The molecule has 0 spiro atoms. The van der Waals surface area contributed by atoms with Gasteiger partial charge in [0.15, 0.2) is 0 Å². The van der Waals surface area contributed by atoms with Gasteiger partial charge < -0.3 is 4.90 Å². The summed E-state index contributed by atoms with van der Waals surface area (Å²) in [5, 5.41) is 0. The fourth-order valence-corrected chi connectivity index (χ4v) is 2.99. The summed E-state index contributed by atoms with van der Waals surface area (Å²) in [5.74, 6) is 0.954. The fraction of sp³-hybridized carbons (Fsp3) is 1.00. The van der Waals surface area contributed by atoms with Crippen LogP contribution in [0.15, 0.2) is 0 Å². The van der Waals surface area contributed by atoms with E-state index >= 15 is 0 Å². The molecule has 0 radical (unpaired) electrons. The Balaban J connectivity index is 2.55. The molecule has 72 valence electrons. The van der Waals surface area contributed by atoms with Crippen molar-refractivity contribution in [2.45, 2.75) is 19.4 Å². The summed E-state index contributed by atoms with van der Waals surface area (Å²) < 4.78 is 22.0. The lowest BCUT2D eigenvalue weighted by Crippen LogP contribution is -2.31. The molecule has 0 amide bonds. The molecule has 0 aromatic carbocycles. The second-order valence-corrected chi connectivity index (χ2v) is 6.21. The Morgan fingerprint density at radius 1 is 1.50 bits per heavy atom. The molecule has 1 rings (SSSR count). The molecule has 3 nitrogen and oxygen atoms in total. The van der Waals surface area contributed by atoms with Crippen LogP contribution in [0.25, 0.3) is 0 Å². The third-order valence-electron chi connectivity index (χ3n) is 2.39. The molecule has 1 fully saturated rings. The van der Waals surface area contributed by atoms with E-state index < -0.39 is 9.84 Å². The van der Waals surface area contributed by atoms with Crippen LogP contribution in [-0.4, -0.2) is 45.0 Å². The molecule has 2 unspecified atom stereocenters. The SMILES string of the molecule is CC1CC(CS(C)(=O)=O)N(C)C1. The summed E-state index contributed by atoms with van der Waals surface area (Å²) in [6.45, 7) is 3.19. The molecule has 0 aliphatic carbocycles. The number of likely N-dealkylation sites (tertiary alicyclic amines) is 1. The van der Waals surface area contributed by atoms with E-state index in [9.17, 15) is 8.42 Å². The second kappa shape index (κ2) is 3.34. The Morgan fingerprint density at radius 2 is 2.08 bits per heavy atom. The summed E-state index contributed by atoms with van der Waals surface area (Å²) in [4.78, 5) is 2.14. The van der Waals surface area contributed by atoms with Crippen molar-refractivity contribution in [3.05, 3.63) is 0 Å². The topological polar surface area (TPSA) is 37.4 Å². The maximum Gasteiger partial charge on any atom is 0.148 e. The summed E-state index contributed by atoms with van der Waals surface area (Å²) in [5.41, 5.74) is 0. The van der Waals surface area contributed by atoms with Crippen molar-refractivity contribution in [3.8, 4) is 0 Å². The molecule has 0 N–H and O–H groups in total. The highest BCUT2D eigenvalue weighted by Crippen LogP contribution is 2.21. The molecule has 4 heteroatoms. The van der Waals surface area contributed by atoms with E-state index in [2.05, 4.69) is 11.8 Å². The van der Waals surface area contributed by atoms with Crippen LogP contribution >= 0.6 is 0 Å². The molecular formula is C8H17NO2S. The van der Waals surface area contributed by atoms with E-state index in [4.69, 9.17) is 0 Å². The number of sulfone groups is 1. The molecule has 0 aromatic rings. The minimum absolute atomic E-state index is 0.245. The largest absolute Gasteiger partial charge is 0.302 e. The molecule has 0 bridgehead atoms. The van der Waals surface area contributed by atoms with Crippen molar-refractivity contribution in [3.63, 3.8) is 0 Å². The monoisotopic (exact) mass is 191 g/mol. The van der Waals surface area contributed by atoms with Crippen molar-refractivity contribution in [1.82, 2.24) is 4.90 Å². The molecule has 0 saturated carbocycles. The minimum Gasteiger partial charge on any atom is -0.302 e. The van der Waals surface area contributed by atoms with E-state index in [0.29, 0.717) is 11.7 Å². The third-order valence-corrected chi connectivity index (χ3v) is 3.38. The standard InChI is InChI=1S/C8H17NO2S/c1-7-4-8(9(2)5-7)6-12(3,10)11/h7-8H,4-6H2,1-3H3. The summed E-state index contributed by atoms with van der Waals surface area (Å²) in [6, 6.07) is 0.245. The molecule has 12 heavy (non-hydrogen) atoms. The van der Waals surface area contributed by atoms with Crippen LogP contribution in [0, 0.1) is 5.92 Å². The first-order valence-corrected chi connectivity index (χ1v) is 6.32. The average molecular weight is 191 g/mol. The molecule has 2 atom stereocenters. The third kappa shape index (κ3) is 2.75. The molecule has 1 heterocycles. The highest BCUT2D eigenvalue weighted by atomic mass is 32.2. The van der Waals surface area contributed by atoms with Crippen molar-refractivity contribution in [2.75, 3.05) is 25.6 Å². The average Bonchev–Trinajstić information content (AvgIpc) is 2.06. The number of rotatable bonds is 2. The van der Waals surface area contributed by atoms with Gasteiger partial charge in [0.1, 0.15) is 9.84 Å². The van der Waals surface area contributed by atoms with Gasteiger partial charge in [-0.1, -0.05) is 6.92 Å². The normalized spacial score (nSPS) is 32.6. The van der Waals surface area contributed by atoms with Gasteiger partial charge in [-0.15, -0.1) is 0 Å². The van der Waals surface area contributed by atoms with Gasteiger partial charge in [0.05, 0.1) is 5.75 Å². The van der Waals surface area contributed by atoms with Crippen LogP contribution in [0.4, 0.5) is 0 Å². The zero-order valence-corrected chi connectivity index (χ0v) is 8.76. The van der Waals surface area contributed by atoms with E-state index in [0.717, 1.165) is 13.0 Å². The van der Waals surface area contributed by atoms with Crippen LogP contribution in [0.5, 0.6) is 0 Å². The van der Waals surface area contributed by atoms with Gasteiger partial charge in [-0.25, -0.2) is 8.42 Å². The van der Waals surface area contributed by atoms with Gasteiger partial charge >= 0.3 is 0 Å². The van der Waals surface area contributed by atoms with Crippen LogP contribution in [0.1, 0.15) is 13.3 Å². The van der Waals surface area contributed by atoms with Gasteiger partial charge in [0.2, 0.25) is 0 Å². The lowest BCUT2D eigenvalue weighted by atomic mass is 10.1. The highest BCUT2D eigenvalue weighted by Gasteiger charge is 2.28. The van der Waals surface area contributed by atoms with Gasteiger partial charge in [-0.2, -0.15) is 0 Å². The highest BCUT2D eigenvalue weighted by molar-refractivity contribution is 7.90. The van der Waals surface area contributed by atoms with E-state index in [1.807, 2.05) is 7.05 Å². The first-order valence-electron chi connectivity index (χ1n) is 4.26. The fourth-order valence-electron chi connectivity index (χ4n) is 1.90. The first-order chi connectivity index (χ1) is 5.38. The van der Waals surface area contributed by atoms with E-state index in [1.165, 1.54) is 6.26 Å². The molecule has 1 aliphatic rings. The van der Waals surface area contributed by atoms with Crippen LogP contribution < -0.4 is 0 Å². The Labute approximate surface area is 74.7 Å². The lowest BCUT2D eigenvalue weighted by molar-refractivity contribution is 0.328. The van der Waals surface area contributed by atoms with Crippen LogP contribution in [-0.2, 0) is 9.84 Å². The Hall–Kier alpha value is -0.0900. The number of nitrogens with zero attached hydrogens (tertiary/aromatic N) is 1. The predicted molar refractivity (Wildman–Crippen MR) is 49.9 cm³/mol. The van der Waals surface area contributed by atoms with Crippen LogP contribution in [0.3, 0.4) is 0 Å². The second-order valence-electron chi connectivity index (χ2n) is 4.03. The smallest absolute Gasteiger partial charge is 0.148 e. The number of hydrogen-bond acceptors (Lipinski definition) is 3.